The predicted molar refractivity (Wildman–Crippen MR) is 149 cm³/mol. The Labute approximate surface area is 221 Å². The van der Waals surface area contributed by atoms with Gasteiger partial charge in [0, 0.05) is 39.1 Å². The summed E-state index contributed by atoms with van der Waals surface area (Å²) in [6.45, 7) is 7.99. The number of carbonyl (C=O) groups excluding carboxylic acids is 2. The van der Waals surface area contributed by atoms with E-state index in [1.807, 2.05) is 0 Å². The summed E-state index contributed by atoms with van der Waals surface area (Å²) >= 11 is 0. The van der Waals surface area contributed by atoms with Crippen LogP contribution in [0.3, 0.4) is 0 Å². The van der Waals surface area contributed by atoms with Crippen LogP contribution in [0, 0.1) is 0 Å². The van der Waals surface area contributed by atoms with Gasteiger partial charge in [-0.3, -0.25) is 9.59 Å². The average Bonchev–Trinajstić information content (AvgIpc) is 2.88. The molecule has 0 aromatic rings. The van der Waals surface area contributed by atoms with Gasteiger partial charge in [-0.25, -0.2) is 0 Å². The predicted octanol–water partition coefficient (Wildman–Crippen LogP) is 6.30. The quantitative estimate of drug-likeness (QED) is 0.0975. The molecule has 0 amide bonds. The lowest BCUT2D eigenvalue weighted by atomic mass is 10.1. The molecule has 1 heterocycles. The first kappa shape index (κ1) is 32.4. The van der Waals surface area contributed by atoms with Crippen molar-refractivity contribution in [2.45, 2.75) is 103 Å². The first-order chi connectivity index (χ1) is 17.6. The third kappa shape index (κ3) is 20.5. The van der Waals surface area contributed by atoms with Crippen LogP contribution in [0.2, 0.25) is 0 Å². The molecule has 208 valence electrons. The zero-order chi connectivity index (χ0) is 26.1. The number of rotatable bonds is 22. The lowest BCUT2D eigenvalue weighted by Crippen LogP contribution is -2.45. The van der Waals surface area contributed by atoms with Crippen LogP contribution in [0.5, 0.6) is 0 Å². The Hall–Kier alpha value is -1.66. The largest absolute Gasteiger partial charge is 0.466 e. The van der Waals surface area contributed by atoms with Gasteiger partial charge in [0.15, 0.2) is 0 Å². The van der Waals surface area contributed by atoms with Crippen molar-refractivity contribution in [3.05, 3.63) is 24.3 Å². The van der Waals surface area contributed by atoms with E-state index in [9.17, 15) is 9.59 Å². The second-order valence-electron chi connectivity index (χ2n) is 10.0. The van der Waals surface area contributed by atoms with Gasteiger partial charge in [-0.2, -0.15) is 0 Å². The number of nitrogens with zero attached hydrogens (tertiary/aromatic N) is 2. The fraction of sp³-hybridized carbons (Fsp3) is 0.800. The van der Waals surface area contributed by atoms with Gasteiger partial charge in [0.1, 0.15) is 0 Å². The van der Waals surface area contributed by atoms with Crippen molar-refractivity contribution in [2.75, 3.05) is 53.0 Å². The summed E-state index contributed by atoms with van der Waals surface area (Å²) in [7, 11) is 2.13. The molecule has 1 saturated heterocycles. The highest BCUT2D eigenvalue weighted by Gasteiger charge is 2.15. The van der Waals surface area contributed by atoms with E-state index in [2.05, 4.69) is 48.1 Å². The van der Waals surface area contributed by atoms with Gasteiger partial charge in [-0.1, -0.05) is 63.3 Å². The highest BCUT2D eigenvalue weighted by Crippen LogP contribution is 2.09. The summed E-state index contributed by atoms with van der Waals surface area (Å²) in [5, 5.41) is 0. The summed E-state index contributed by atoms with van der Waals surface area (Å²) in [5.74, 6) is -0.239. The molecule has 0 aromatic carbocycles. The van der Waals surface area contributed by atoms with Crippen LogP contribution in [-0.4, -0.2) is 74.7 Å². The van der Waals surface area contributed by atoms with E-state index < -0.39 is 0 Å². The summed E-state index contributed by atoms with van der Waals surface area (Å²) in [5.41, 5.74) is 0. The summed E-state index contributed by atoms with van der Waals surface area (Å²) in [6.07, 6.45) is 24.5. The van der Waals surface area contributed by atoms with Crippen molar-refractivity contribution in [3.8, 4) is 0 Å². The smallest absolute Gasteiger partial charge is 0.307 e. The molecule has 1 fully saturated rings. The molecular formula is C30H54N2O4. The lowest BCUT2D eigenvalue weighted by molar-refractivity contribution is -0.146. The number of piperazine rings is 1. The fourth-order valence-electron chi connectivity index (χ4n) is 4.12. The molecule has 0 unspecified atom stereocenters. The van der Waals surface area contributed by atoms with E-state index >= 15 is 0 Å². The van der Waals surface area contributed by atoms with Crippen LogP contribution in [-0.2, 0) is 19.1 Å². The van der Waals surface area contributed by atoms with E-state index in [4.69, 9.17) is 9.47 Å². The zero-order valence-corrected chi connectivity index (χ0v) is 23.4. The Balaban J connectivity index is 1.81. The Kier molecular flexibility index (Phi) is 21.3. The summed E-state index contributed by atoms with van der Waals surface area (Å²) in [4.78, 5) is 28.3. The van der Waals surface area contributed by atoms with Crippen LogP contribution in [0.4, 0.5) is 0 Å². The molecule has 0 saturated carbocycles. The van der Waals surface area contributed by atoms with Gasteiger partial charge < -0.3 is 19.3 Å². The molecule has 36 heavy (non-hydrogen) atoms. The maximum Gasteiger partial charge on any atom is 0.307 e. The molecule has 0 N–H and O–H groups in total. The number of hydrogen-bond donors (Lipinski definition) is 0. The number of likely N-dealkylation sites (N-methyl/N-ethyl adjacent to an activating group) is 1. The van der Waals surface area contributed by atoms with Gasteiger partial charge in [0.25, 0.3) is 0 Å². The number of unbranched alkanes of at least 4 members (excludes halogenated alkanes) is 9. The Morgan fingerprint density at radius 2 is 1.22 bits per heavy atom. The van der Waals surface area contributed by atoms with Crippen molar-refractivity contribution in [1.29, 1.82) is 0 Å². The van der Waals surface area contributed by atoms with Gasteiger partial charge in [0.2, 0.25) is 0 Å². The number of hydrogen-bond acceptors (Lipinski definition) is 6. The molecule has 0 atom stereocenters. The first-order valence-electron chi connectivity index (χ1n) is 14.6. The zero-order valence-electron chi connectivity index (χ0n) is 23.4. The fourth-order valence-corrected chi connectivity index (χ4v) is 4.12. The minimum atomic E-state index is -0.132. The molecule has 1 aliphatic heterocycles. The Morgan fingerprint density at radius 1 is 0.667 bits per heavy atom. The van der Waals surface area contributed by atoms with Crippen molar-refractivity contribution >= 4 is 11.9 Å². The van der Waals surface area contributed by atoms with Crippen LogP contribution < -0.4 is 0 Å². The normalized spacial score (nSPS) is 15.2. The summed E-state index contributed by atoms with van der Waals surface area (Å²) < 4.78 is 10.6. The van der Waals surface area contributed by atoms with Crippen molar-refractivity contribution in [2.24, 2.45) is 0 Å². The topological polar surface area (TPSA) is 59.1 Å². The molecule has 6 nitrogen and oxygen atoms in total. The van der Waals surface area contributed by atoms with Crippen molar-refractivity contribution in [1.82, 2.24) is 9.80 Å². The standard InChI is InChI=1S/C30H54N2O4/c1-3-4-5-6-7-8-9-10-11-12-13-14-15-16-17-20-29(33)35-27-18-19-28-36-30(34)21-22-32-25-23-31(2)24-26-32/h7-8,10-11H,3-6,9,12-28H2,1-2H3/b8-7-,11-10-. The number of carbonyl (C=O) groups is 2. The lowest BCUT2D eigenvalue weighted by Gasteiger charge is -2.31. The average molecular weight is 507 g/mol. The number of esters is 2. The molecule has 0 aliphatic carbocycles. The van der Waals surface area contributed by atoms with Gasteiger partial charge in [-0.05, 0) is 58.4 Å². The molecule has 0 radical (unpaired) electrons. The third-order valence-electron chi connectivity index (χ3n) is 6.62. The van der Waals surface area contributed by atoms with Gasteiger partial charge >= 0.3 is 11.9 Å². The monoisotopic (exact) mass is 506 g/mol. The molecule has 0 bridgehead atoms. The number of ether oxygens (including phenoxy) is 2. The second kappa shape index (κ2) is 23.7. The minimum Gasteiger partial charge on any atom is -0.466 e. The van der Waals surface area contributed by atoms with Crippen LogP contribution in [0.15, 0.2) is 24.3 Å². The minimum absolute atomic E-state index is 0.107. The van der Waals surface area contributed by atoms with Crippen LogP contribution in [0.25, 0.3) is 0 Å². The van der Waals surface area contributed by atoms with E-state index in [0.29, 0.717) is 26.1 Å². The van der Waals surface area contributed by atoms with E-state index in [-0.39, 0.29) is 11.9 Å². The molecule has 0 aromatic heterocycles. The molecule has 6 heteroatoms. The first-order valence-corrected chi connectivity index (χ1v) is 14.6. The SMILES string of the molecule is CCCCC/C=C\C/C=C\CCCCCCCC(=O)OCCCCOC(=O)CCN1CCN(C)CC1. The van der Waals surface area contributed by atoms with Crippen LogP contribution >= 0.6 is 0 Å². The maximum atomic E-state index is 11.9. The highest BCUT2D eigenvalue weighted by molar-refractivity contribution is 5.69. The molecular weight excluding hydrogens is 452 g/mol. The summed E-state index contributed by atoms with van der Waals surface area (Å²) in [6, 6.07) is 0. The number of allylic oxidation sites excluding steroid dienone is 4. The van der Waals surface area contributed by atoms with E-state index in [0.717, 1.165) is 71.2 Å². The Bertz CT molecular complexity index is 598. The van der Waals surface area contributed by atoms with Crippen LogP contribution in [0.1, 0.15) is 103 Å². The molecule has 0 spiro atoms. The van der Waals surface area contributed by atoms with Gasteiger partial charge in [0.05, 0.1) is 19.6 Å². The van der Waals surface area contributed by atoms with E-state index in [1.165, 1.54) is 44.9 Å². The van der Waals surface area contributed by atoms with Gasteiger partial charge in [-0.15, -0.1) is 0 Å². The molecule has 1 rings (SSSR count). The highest BCUT2D eigenvalue weighted by atomic mass is 16.5. The second-order valence-corrected chi connectivity index (χ2v) is 10.0. The molecule has 1 aliphatic rings. The van der Waals surface area contributed by atoms with Crippen molar-refractivity contribution < 1.29 is 19.1 Å². The third-order valence-corrected chi connectivity index (χ3v) is 6.62. The maximum absolute atomic E-state index is 11.9. The Morgan fingerprint density at radius 3 is 1.86 bits per heavy atom. The van der Waals surface area contributed by atoms with Crippen molar-refractivity contribution in [3.63, 3.8) is 0 Å². The van der Waals surface area contributed by atoms with E-state index in [1.54, 1.807) is 0 Å².